The molecule has 7 rings (SSSR count). The lowest BCUT2D eigenvalue weighted by Crippen LogP contribution is -2.49. The van der Waals surface area contributed by atoms with Gasteiger partial charge in [-0.15, -0.1) is 11.3 Å². The van der Waals surface area contributed by atoms with Gasteiger partial charge in [0, 0.05) is 45.9 Å². The van der Waals surface area contributed by atoms with E-state index < -0.39 is 42.0 Å². The summed E-state index contributed by atoms with van der Waals surface area (Å²) in [4.78, 5) is 50.5. The molecule has 2 saturated heterocycles. The van der Waals surface area contributed by atoms with Crippen molar-refractivity contribution in [1.29, 1.82) is 0 Å². The number of aromatic nitrogens is 2. The van der Waals surface area contributed by atoms with Gasteiger partial charge in [0.15, 0.2) is 5.79 Å². The number of hydrogen-bond donors (Lipinski definition) is 3. The smallest absolute Gasteiger partial charge is 0.299 e. The maximum absolute atomic E-state index is 15.0. The summed E-state index contributed by atoms with van der Waals surface area (Å²) < 4.78 is 41.6. The number of benzene rings is 2. The number of amides is 3. The van der Waals surface area contributed by atoms with Crippen LogP contribution in [0.5, 0.6) is 0 Å². The summed E-state index contributed by atoms with van der Waals surface area (Å²) in [6.07, 6.45) is 3.38. The maximum Gasteiger partial charge on any atom is 0.299 e. The van der Waals surface area contributed by atoms with Gasteiger partial charge in [-0.25, -0.2) is 9.97 Å². The number of thiophene rings is 1. The second-order valence-electron chi connectivity index (χ2n) is 11.7. The van der Waals surface area contributed by atoms with Gasteiger partial charge in [-0.1, -0.05) is 30.3 Å². The molecule has 0 saturated carbocycles. The molecule has 242 valence electrons. The zero-order valence-electron chi connectivity index (χ0n) is 25.2. The Morgan fingerprint density at radius 3 is 2.53 bits per heavy atom. The molecule has 2 aromatic carbocycles. The van der Waals surface area contributed by atoms with Crippen LogP contribution in [0.4, 0.5) is 14.7 Å². The highest BCUT2D eigenvalue weighted by molar-refractivity contribution is 7.10. The third-order valence-corrected chi connectivity index (χ3v) is 9.83. The molecule has 2 aromatic heterocycles. The number of carbonyl (C=O) groups is 3. The van der Waals surface area contributed by atoms with E-state index in [1.165, 1.54) is 40.5 Å². The van der Waals surface area contributed by atoms with Crippen LogP contribution in [0, 0.1) is 0 Å². The molecule has 2 atom stereocenters. The van der Waals surface area contributed by atoms with Gasteiger partial charge in [0.25, 0.3) is 11.8 Å². The van der Waals surface area contributed by atoms with Crippen molar-refractivity contribution in [3.05, 3.63) is 87.9 Å². The molecule has 3 amide bonds. The summed E-state index contributed by atoms with van der Waals surface area (Å²) >= 11 is 1.46. The fourth-order valence-electron chi connectivity index (χ4n) is 6.32. The number of carbonyl (C=O) groups excluding carboxylic acids is 3. The monoisotopic (exact) mass is 660 g/mol. The van der Waals surface area contributed by atoms with E-state index in [1.807, 2.05) is 18.4 Å². The van der Waals surface area contributed by atoms with E-state index in [0.717, 1.165) is 16.0 Å². The number of rotatable bonds is 7. The van der Waals surface area contributed by atoms with Gasteiger partial charge in [0.05, 0.1) is 32.3 Å². The van der Waals surface area contributed by atoms with Crippen LogP contribution in [-0.4, -0.2) is 70.7 Å². The first kappa shape index (κ1) is 30.8. The van der Waals surface area contributed by atoms with E-state index in [-0.39, 0.29) is 47.2 Å². The molecule has 0 bridgehead atoms. The first-order valence-electron chi connectivity index (χ1n) is 15.0. The molecule has 1 aliphatic carbocycles. The Balaban J connectivity index is 1.03. The number of anilines is 1. The van der Waals surface area contributed by atoms with Crippen molar-refractivity contribution in [3.8, 4) is 22.3 Å². The Hall–Kier alpha value is -4.79. The van der Waals surface area contributed by atoms with E-state index in [1.54, 1.807) is 30.6 Å². The van der Waals surface area contributed by atoms with Crippen LogP contribution in [0.3, 0.4) is 0 Å². The predicted octanol–water partition coefficient (Wildman–Crippen LogP) is 3.86. The molecule has 4 aromatic rings. The highest BCUT2D eigenvalue weighted by Gasteiger charge is 2.52. The number of ether oxygens (including phenoxy) is 2. The molecule has 2 fully saturated rings. The zero-order valence-corrected chi connectivity index (χ0v) is 26.0. The quantitative estimate of drug-likeness (QED) is 0.271. The summed E-state index contributed by atoms with van der Waals surface area (Å²) in [7, 11) is 0. The van der Waals surface area contributed by atoms with Gasteiger partial charge in [-0.3, -0.25) is 14.4 Å². The van der Waals surface area contributed by atoms with Crippen molar-refractivity contribution in [1.82, 2.24) is 25.5 Å². The van der Waals surface area contributed by atoms with Crippen LogP contribution in [0.2, 0.25) is 0 Å². The lowest BCUT2D eigenvalue weighted by molar-refractivity contribution is -0.152. The summed E-state index contributed by atoms with van der Waals surface area (Å²) in [5.41, 5.74) is 7.74. The fourth-order valence-corrected chi connectivity index (χ4v) is 7.24. The molecular weight excluding hydrogens is 630 g/mol. The van der Waals surface area contributed by atoms with E-state index in [4.69, 9.17) is 15.2 Å². The largest absolute Gasteiger partial charge is 0.368 e. The number of halogens is 2. The van der Waals surface area contributed by atoms with E-state index >= 15 is 0 Å². The van der Waals surface area contributed by atoms with Crippen molar-refractivity contribution < 1.29 is 32.6 Å². The highest BCUT2D eigenvalue weighted by Crippen LogP contribution is 2.51. The minimum atomic E-state index is -3.17. The van der Waals surface area contributed by atoms with Gasteiger partial charge in [-0.2, -0.15) is 8.78 Å². The molecule has 14 heteroatoms. The van der Waals surface area contributed by atoms with Crippen LogP contribution in [0.25, 0.3) is 22.3 Å². The lowest BCUT2D eigenvalue weighted by Gasteiger charge is -2.25. The Kier molecular flexibility index (Phi) is 7.73. The first-order chi connectivity index (χ1) is 22.5. The number of alkyl halides is 2. The van der Waals surface area contributed by atoms with Crippen LogP contribution in [-0.2, 0) is 25.0 Å². The molecule has 1 spiro atoms. The number of fused-ring (bicyclic) bond motifs is 3. The Morgan fingerprint density at radius 1 is 1.04 bits per heavy atom. The van der Waals surface area contributed by atoms with Crippen molar-refractivity contribution in [3.63, 3.8) is 0 Å². The predicted molar refractivity (Wildman–Crippen MR) is 168 cm³/mol. The molecule has 4 heterocycles. The van der Waals surface area contributed by atoms with Gasteiger partial charge in [0.2, 0.25) is 17.8 Å². The van der Waals surface area contributed by atoms with Crippen LogP contribution in [0.1, 0.15) is 45.7 Å². The van der Waals surface area contributed by atoms with Crippen molar-refractivity contribution >= 4 is 35.0 Å². The SMILES string of the molecule is C[C@@H](NC(=O)C1CC2(CN1C(=O)CNC(=O)c1ccc3c(c1)-c1ccccc1C3(F)F)OCCO2)c1cc(-c2cnc(N)nc2)cs1. The molecule has 1 unspecified atom stereocenters. The fraction of sp³-hybridized carbons (Fsp3) is 0.303. The Bertz CT molecular complexity index is 1880. The zero-order chi connectivity index (χ0) is 32.9. The standard InChI is InChI=1S/C33H30F2N6O5S/c1-18(27-11-20(16-47-27)21-13-38-31(36)39-14-21)40-30(44)26-12-32(45-8-9-46-32)17-41(26)28(42)15-37-29(43)19-6-7-25-23(10-19)22-4-2-3-5-24(22)33(25,34)35/h2-7,10-11,13-14,16,18,26H,8-9,12,15,17H2,1H3,(H,37,43)(H,40,44)(H2,36,38,39)/t18-,26?/m1/s1. The molecule has 0 radical (unpaired) electrons. The van der Waals surface area contributed by atoms with Gasteiger partial charge < -0.3 is 30.7 Å². The lowest BCUT2D eigenvalue weighted by atomic mass is 10.0. The third-order valence-electron chi connectivity index (χ3n) is 8.71. The molecule has 47 heavy (non-hydrogen) atoms. The number of nitrogen functional groups attached to an aromatic ring is 1. The number of nitrogens with one attached hydrogen (secondary N) is 2. The average Bonchev–Trinajstić information content (AvgIpc) is 3.87. The van der Waals surface area contributed by atoms with Gasteiger partial charge in [-0.05, 0) is 47.2 Å². The van der Waals surface area contributed by atoms with Gasteiger partial charge >= 0.3 is 0 Å². The molecule has 11 nitrogen and oxygen atoms in total. The van der Waals surface area contributed by atoms with Crippen molar-refractivity contribution in [2.45, 2.75) is 37.1 Å². The normalized spacial score (nSPS) is 19.3. The Morgan fingerprint density at radius 2 is 1.77 bits per heavy atom. The minimum absolute atomic E-state index is 0.0131. The summed E-state index contributed by atoms with van der Waals surface area (Å²) in [6, 6.07) is 10.8. The summed E-state index contributed by atoms with van der Waals surface area (Å²) in [5, 5.41) is 7.52. The summed E-state index contributed by atoms with van der Waals surface area (Å²) in [6.45, 7) is 2.10. The molecule has 3 aliphatic rings. The average molecular weight is 661 g/mol. The van der Waals surface area contributed by atoms with Crippen molar-refractivity contribution in [2.75, 3.05) is 32.0 Å². The second-order valence-corrected chi connectivity index (χ2v) is 12.7. The third kappa shape index (κ3) is 5.62. The number of hydrogen-bond acceptors (Lipinski definition) is 9. The van der Waals surface area contributed by atoms with Crippen molar-refractivity contribution in [2.24, 2.45) is 0 Å². The Labute approximate surface area is 272 Å². The molecule has 2 aliphatic heterocycles. The van der Waals surface area contributed by atoms with Gasteiger partial charge in [0.1, 0.15) is 6.04 Å². The first-order valence-corrected chi connectivity index (χ1v) is 15.9. The number of nitrogens with zero attached hydrogens (tertiary/aromatic N) is 3. The van der Waals surface area contributed by atoms with Crippen LogP contribution in [0.15, 0.2) is 66.3 Å². The number of nitrogens with two attached hydrogens (primary N) is 1. The van der Waals surface area contributed by atoms with E-state index in [0.29, 0.717) is 18.8 Å². The van der Waals surface area contributed by atoms with Crippen LogP contribution >= 0.6 is 11.3 Å². The summed E-state index contributed by atoms with van der Waals surface area (Å²) in [5.74, 6) is -5.62. The maximum atomic E-state index is 15.0. The second kappa shape index (κ2) is 11.8. The molecular formula is C33H30F2N6O5S. The number of likely N-dealkylation sites (tertiary alicyclic amines) is 1. The van der Waals surface area contributed by atoms with E-state index in [2.05, 4.69) is 20.6 Å². The van der Waals surface area contributed by atoms with E-state index in [9.17, 15) is 23.2 Å². The highest BCUT2D eigenvalue weighted by atomic mass is 32.1. The minimum Gasteiger partial charge on any atom is -0.368 e. The van der Waals surface area contributed by atoms with Crippen LogP contribution < -0.4 is 16.4 Å². The molecule has 4 N–H and O–H groups in total. The topological polar surface area (TPSA) is 149 Å².